The average Bonchev–Trinajstić information content (AvgIpc) is 2.84. The van der Waals surface area contributed by atoms with E-state index >= 15 is 0 Å². The number of amides is 4. The highest BCUT2D eigenvalue weighted by Gasteiger charge is 2.51. The van der Waals surface area contributed by atoms with Gasteiger partial charge in [-0.15, -0.1) is 0 Å². The highest BCUT2D eigenvalue weighted by molar-refractivity contribution is 6.32. The third-order valence-electron chi connectivity index (χ3n) is 7.00. The third kappa shape index (κ3) is 5.20. The second-order valence-corrected chi connectivity index (χ2v) is 9.62. The van der Waals surface area contributed by atoms with Gasteiger partial charge in [-0.25, -0.2) is 14.8 Å². The summed E-state index contributed by atoms with van der Waals surface area (Å²) in [5.41, 5.74) is 3.15. The van der Waals surface area contributed by atoms with Gasteiger partial charge in [0.15, 0.2) is 0 Å². The first-order chi connectivity index (χ1) is 16.8. The minimum atomic E-state index is -0.603. The lowest BCUT2D eigenvalue weighted by atomic mass is 9.91. The Morgan fingerprint density at radius 1 is 1.11 bits per heavy atom. The van der Waals surface area contributed by atoms with Crippen LogP contribution in [-0.2, 0) is 22.7 Å². The molecule has 8 nitrogen and oxygen atoms in total. The molecule has 0 saturated carbocycles. The van der Waals surface area contributed by atoms with E-state index in [1.165, 1.54) is 0 Å². The number of fused-ring (bicyclic) bond motifs is 1. The topological polar surface area (TPSA) is 76.2 Å². The number of hydrogen-bond acceptors (Lipinski definition) is 4. The number of hydrogen-bond donors (Lipinski definition) is 1. The molecule has 4 rings (SSSR count). The maximum atomic E-state index is 13.7. The highest BCUT2D eigenvalue weighted by Crippen LogP contribution is 2.31. The van der Waals surface area contributed by atoms with Gasteiger partial charge in [0.1, 0.15) is 20.1 Å². The van der Waals surface area contributed by atoms with Crippen LogP contribution in [0.1, 0.15) is 31.4 Å². The van der Waals surface area contributed by atoms with Crippen molar-refractivity contribution in [3.05, 3.63) is 65.7 Å². The van der Waals surface area contributed by atoms with Crippen molar-refractivity contribution in [1.29, 1.82) is 0 Å². The average molecular weight is 475 g/mol. The predicted molar refractivity (Wildman–Crippen MR) is 137 cm³/mol. The maximum absolute atomic E-state index is 13.7. The molecule has 2 aromatic carbocycles. The van der Waals surface area contributed by atoms with Gasteiger partial charge in [-0.05, 0) is 17.0 Å². The SMILES string of the molecule is Bc1cccc(CN2C[C@H]3N(C(=O)CN(C)N3C(=O)NCc3ccccc3)[C@@H](C(C)CC)C2=O)c1. The molecule has 9 heteroatoms. The molecule has 0 aliphatic carbocycles. The fourth-order valence-corrected chi connectivity index (χ4v) is 5.02. The van der Waals surface area contributed by atoms with Crippen LogP contribution >= 0.6 is 0 Å². The number of benzene rings is 2. The number of nitrogens with zero attached hydrogens (tertiary/aromatic N) is 4. The van der Waals surface area contributed by atoms with E-state index in [0.717, 1.165) is 23.0 Å². The fraction of sp³-hybridized carbons (Fsp3) is 0.423. The van der Waals surface area contributed by atoms with E-state index in [1.54, 1.807) is 26.9 Å². The zero-order valence-corrected chi connectivity index (χ0v) is 21.0. The Hall–Kier alpha value is -3.33. The van der Waals surface area contributed by atoms with Crippen LogP contribution < -0.4 is 10.8 Å². The van der Waals surface area contributed by atoms with E-state index in [9.17, 15) is 14.4 Å². The van der Waals surface area contributed by atoms with E-state index in [-0.39, 0.29) is 36.9 Å². The smallest absolute Gasteiger partial charge is 0.333 e. The molecule has 2 aliphatic rings. The van der Waals surface area contributed by atoms with Crippen molar-refractivity contribution in [3.63, 3.8) is 0 Å². The number of hydrazine groups is 1. The third-order valence-corrected chi connectivity index (χ3v) is 7.00. The molecule has 0 aromatic heterocycles. The summed E-state index contributed by atoms with van der Waals surface area (Å²) in [5, 5.41) is 6.26. The molecule has 4 amide bonds. The van der Waals surface area contributed by atoms with Crippen molar-refractivity contribution in [2.24, 2.45) is 5.92 Å². The molecule has 2 aliphatic heterocycles. The lowest BCUT2D eigenvalue weighted by Crippen LogP contribution is -2.76. The summed E-state index contributed by atoms with van der Waals surface area (Å²) in [5.74, 6) is -0.218. The zero-order chi connectivity index (χ0) is 25.1. The van der Waals surface area contributed by atoms with Gasteiger partial charge in [0.25, 0.3) is 0 Å². The number of urea groups is 1. The van der Waals surface area contributed by atoms with E-state index in [1.807, 2.05) is 70.2 Å². The van der Waals surface area contributed by atoms with Crippen molar-refractivity contribution < 1.29 is 14.4 Å². The normalized spacial score (nSPS) is 21.6. The highest BCUT2D eigenvalue weighted by atomic mass is 16.2. The summed E-state index contributed by atoms with van der Waals surface area (Å²) in [6.07, 6.45) is 0.180. The summed E-state index contributed by atoms with van der Waals surface area (Å²) in [7, 11) is 3.77. The van der Waals surface area contributed by atoms with Crippen LogP contribution in [0.25, 0.3) is 0 Å². The zero-order valence-electron chi connectivity index (χ0n) is 21.0. The Bertz CT molecular complexity index is 1080. The van der Waals surface area contributed by atoms with Gasteiger partial charge < -0.3 is 15.1 Å². The number of nitrogens with one attached hydrogen (secondary N) is 1. The molecule has 2 saturated heterocycles. The Balaban J connectivity index is 1.63. The first-order valence-corrected chi connectivity index (χ1v) is 12.3. The molecule has 2 aromatic rings. The van der Waals surface area contributed by atoms with Crippen LogP contribution in [0.4, 0.5) is 4.79 Å². The van der Waals surface area contributed by atoms with Gasteiger partial charge in [0.05, 0.1) is 13.1 Å². The van der Waals surface area contributed by atoms with Crippen LogP contribution in [0.3, 0.4) is 0 Å². The minimum Gasteiger partial charge on any atom is -0.333 e. The second kappa shape index (κ2) is 10.5. The van der Waals surface area contributed by atoms with E-state index < -0.39 is 12.2 Å². The van der Waals surface area contributed by atoms with Crippen molar-refractivity contribution in [3.8, 4) is 0 Å². The van der Waals surface area contributed by atoms with Crippen LogP contribution in [0.15, 0.2) is 54.6 Å². The van der Waals surface area contributed by atoms with Crippen LogP contribution in [0, 0.1) is 5.92 Å². The quantitative estimate of drug-likeness (QED) is 0.631. The van der Waals surface area contributed by atoms with Crippen LogP contribution in [0.2, 0.25) is 0 Å². The Labute approximate surface area is 208 Å². The molecule has 0 radical (unpaired) electrons. The molecular formula is C26H34BN5O3. The number of carbonyl (C=O) groups is 3. The molecular weight excluding hydrogens is 441 g/mol. The van der Waals surface area contributed by atoms with E-state index in [4.69, 9.17) is 0 Å². The summed E-state index contributed by atoms with van der Waals surface area (Å²) < 4.78 is 0. The molecule has 2 heterocycles. The minimum absolute atomic E-state index is 0.0353. The first kappa shape index (κ1) is 24.8. The molecule has 1 N–H and O–H groups in total. The Kier molecular flexibility index (Phi) is 7.45. The maximum Gasteiger partial charge on any atom is 0.334 e. The van der Waals surface area contributed by atoms with Crippen LogP contribution in [0.5, 0.6) is 0 Å². The summed E-state index contributed by atoms with van der Waals surface area (Å²) in [6, 6.07) is 16.9. The number of likely N-dealkylation sites (N-methyl/N-ethyl adjacent to an activating group) is 1. The standard InChI is InChI=1S/C26H34BN5O3/c1-4-18(2)24-25(34)30(15-20-11-8-12-21(27)13-20)16-22-31(24)23(33)17-29(3)32(22)26(35)28-14-19-9-6-5-7-10-19/h5-13,18,22,24H,4,14-17,27H2,1-3H3,(H,28,35)/t18?,22-,24-/m0/s1. The molecule has 184 valence electrons. The van der Waals surface area contributed by atoms with Crippen molar-refractivity contribution in [1.82, 2.24) is 25.1 Å². The van der Waals surface area contributed by atoms with Gasteiger partial charge >= 0.3 is 6.03 Å². The van der Waals surface area contributed by atoms with Gasteiger partial charge in [0.2, 0.25) is 11.8 Å². The largest absolute Gasteiger partial charge is 0.334 e. The molecule has 0 bridgehead atoms. The lowest BCUT2D eigenvalue weighted by Gasteiger charge is -2.55. The molecule has 35 heavy (non-hydrogen) atoms. The molecule has 1 unspecified atom stereocenters. The summed E-state index contributed by atoms with van der Waals surface area (Å²) in [4.78, 5) is 43.8. The van der Waals surface area contributed by atoms with Crippen molar-refractivity contribution >= 4 is 31.2 Å². The number of rotatable bonds is 6. The Morgan fingerprint density at radius 2 is 1.83 bits per heavy atom. The fourth-order valence-electron chi connectivity index (χ4n) is 5.02. The Morgan fingerprint density at radius 3 is 2.51 bits per heavy atom. The monoisotopic (exact) mass is 475 g/mol. The van der Waals surface area contributed by atoms with E-state index in [2.05, 4.69) is 11.4 Å². The summed E-state index contributed by atoms with van der Waals surface area (Å²) in [6.45, 7) is 5.15. The van der Waals surface area contributed by atoms with Gasteiger partial charge in [-0.3, -0.25) is 9.59 Å². The van der Waals surface area contributed by atoms with Gasteiger partial charge in [-0.2, -0.15) is 0 Å². The molecule has 2 fully saturated rings. The number of carbonyl (C=O) groups excluding carboxylic acids is 3. The van der Waals surface area contributed by atoms with Gasteiger partial charge in [-0.1, -0.05) is 80.3 Å². The van der Waals surface area contributed by atoms with Gasteiger partial charge in [0, 0.05) is 20.1 Å². The first-order valence-electron chi connectivity index (χ1n) is 12.3. The van der Waals surface area contributed by atoms with Crippen LogP contribution in [-0.4, -0.2) is 77.9 Å². The molecule has 3 atom stereocenters. The van der Waals surface area contributed by atoms with Crippen molar-refractivity contribution in [2.45, 2.75) is 45.6 Å². The molecule has 0 spiro atoms. The summed E-state index contributed by atoms with van der Waals surface area (Å²) >= 11 is 0. The van der Waals surface area contributed by atoms with E-state index in [0.29, 0.717) is 13.1 Å². The second-order valence-electron chi connectivity index (χ2n) is 9.62. The lowest BCUT2D eigenvalue weighted by molar-refractivity contribution is -0.190. The predicted octanol–water partition coefficient (Wildman–Crippen LogP) is 0.929. The number of piperazine rings is 1. The van der Waals surface area contributed by atoms with Crippen molar-refractivity contribution in [2.75, 3.05) is 20.1 Å².